The number of nitrogens with zero attached hydrogens (tertiary/aromatic N) is 1. The summed E-state index contributed by atoms with van der Waals surface area (Å²) in [5.74, 6) is -47.0. The summed E-state index contributed by atoms with van der Waals surface area (Å²) in [5, 5.41) is 10.3. The molecule has 0 bridgehead atoms. The molecule has 0 amide bonds. The zero-order valence-corrected chi connectivity index (χ0v) is 19.5. The van der Waals surface area contributed by atoms with E-state index < -0.39 is 74.4 Å². The standard InChI is InChI=1S/C11H8F15NO4S.K/c1-2-32(30,31)27(3-4(28)29)11(25,26)9(20,21)7(16,17)5(12,13)6(14,15)8(18,19)10(22,23)24;/h2-3H2,1H3,(H,28,29);/q;+1/p-1. The molecular weight excluding hydrogens is 566 g/mol. The van der Waals surface area contributed by atoms with Crippen LogP contribution in [0.15, 0.2) is 0 Å². The Bertz CT molecular complexity index is 826. The van der Waals surface area contributed by atoms with Crippen LogP contribution in [0, 0.1) is 0 Å². The molecule has 22 heteroatoms. The molecule has 0 aromatic carbocycles. The number of carbonyl (C=O) groups is 1. The average molecular weight is 573 g/mol. The fourth-order valence-corrected chi connectivity index (χ4v) is 2.84. The molecule has 192 valence electrons. The van der Waals surface area contributed by atoms with Gasteiger partial charge in [-0.25, -0.2) is 8.42 Å². The summed E-state index contributed by atoms with van der Waals surface area (Å²) in [6.07, 6.45) is -7.79. The van der Waals surface area contributed by atoms with Crippen LogP contribution in [-0.4, -0.2) is 72.8 Å². The Morgan fingerprint density at radius 3 is 1.27 bits per heavy atom. The van der Waals surface area contributed by atoms with E-state index in [0.29, 0.717) is 0 Å². The normalized spacial score (nSPS) is 15.4. The number of carboxylic acids is 1. The van der Waals surface area contributed by atoms with E-state index in [1.807, 2.05) is 0 Å². The van der Waals surface area contributed by atoms with Crippen LogP contribution in [0.2, 0.25) is 0 Å². The molecule has 0 N–H and O–H groups in total. The van der Waals surface area contributed by atoms with Crippen LogP contribution in [0.5, 0.6) is 0 Å². The number of halogens is 15. The molecule has 0 aliphatic rings. The Morgan fingerprint density at radius 1 is 0.697 bits per heavy atom. The third-order valence-corrected chi connectivity index (χ3v) is 5.36. The first-order valence-electron chi connectivity index (χ1n) is 7.15. The summed E-state index contributed by atoms with van der Waals surface area (Å²) in [6.45, 7) is -2.69. The molecule has 0 aromatic rings. The Morgan fingerprint density at radius 2 is 1.00 bits per heavy atom. The smallest absolute Gasteiger partial charge is 0.549 e. The number of hydrogen-bond donors (Lipinski definition) is 0. The molecule has 0 aromatic heterocycles. The van der Waals surface area contributed by atoms with E-state index in [0.717, 1.165) is 0 Å². The summed E-state index contributed by atoms with van der Waals surface area (Å²) in [4.78, 5) is 10.3. The first-order valence-corrected chi connectivity index (χ1v) is 8.76. The molecule has 0 aliphatic carbocycles. The van der Waals surface area contributed by atoms with Gasteiger partial charge in [-0.1, -0.05) is 0 Å². The number of hydrogen-bond acceptors (Lipinski definition) is 4. The van der Waals surface area contributed by atoms with E-state index in [9.17, 15) is 84.2 Å². The van der Waals surface area contributed by atoms with Crippen molar-refractivity contribution in [3.05, 3.63) is 0 Å². The Kier molecular flexibility index (Phi) is 10.4. The minimum atomic E-state index is -8.63. The van der Waals surface area contributed by atoms with Crippen LogP contribution < -0.4 is 56.5 Å². The van der Waals surface area contributed by atoms with Crippen LogP contribution in [0.25, 0.3) is 0 Å². The predicted octanol–water partition coefficient (Wildman–Crippen LogP) is -0.276. The van der Waals surface area contributed by atoms with Crippen molar-refractivity contribution >= 4 is 16.0 Å². The summed E-state index contributed by atoms with van der Waals surface area (Å²) >= 11 is 0. The largest absolute Gasteiger partial charge is 1.00 e. The second-order valence-corrected chi connectivity index (χ2v) is 7.87. The first kappa shape index (κ1) is 35.1. The number of carbonyl (C=O) groups excluding carboxylic acids is 1. The molecule has 5 nitrogen and oxygen atoms in total. The summed E-state index contributed by atoms with van der Waals surface area (Å²) < 4.78 is 217. The number of rotatable bonds is 10. The number of aliphatic carboxylic acids is 1. The van der Waals surface area contributed by atoms with E-state index in [-0.39, 0.29) is 58.3 Å². The Labute approximate surface area is 215 Å². The number of alkyl halides is 15. The fourth-order valence-electron chi connectivity index (χ4n) is 1.76. The van der Waals surface area contributed by atoms with Crippen molar-refractivity contribution in [2.75, 3.05) is 12.3 Å². The molecule has 0 aliphatic heterocycles. The quantitative estimate of drug-likeness (QED) is 0.205. The molecule has 0 spiro atoms. The molecule has 0 fully saturated rings. The van der Waals surface area contributed by atoms with E-state index in [1.165, 1.54) is 0 Å². The van der Waals surface area contributed by atoms with Crippen molar-refractivity contribution in [1.82, 2.24) is 4.31 Å². The SMILES string of the molecule is CCS(=O)(=O)N(CC(=O)[O-])C(F)(F)C(F)(F)C(F)(F)C(F)(F)C(F)(F)C(F)(F)C(F)(F)F.[K+]. The number of sulfonamides is 1. The van der Waals surface area contributed by atoms with E-state index >= 15 is 0 Å². The number of carboxylic acid groups (broad SMARTS) is 1. The van der Waals surface area contributed by atoms with Gasteiger partial charge in [-0.3, -0.25) is 0 Å². The van der Waals surface area contributed by atoms with Gasteiger partial charge in [-0.15, -0.1) is 4.31 Å². The predicted molar refractivity (Wildman–Crippen MR) is 66.9 cm³/mol. The van der Waals surface area contributed by atoms with Crippen molar-refractivity contribution in [1.29, 1.82) is 0 Å². The molecule has 0 saturated heterocycles. The van der Waals surface area contributed by atoms with Gasteiger partial charge >= 0.3 is 93.2 Å². The van der Waals surface area contributed by atoms with Crippen LogP contribution in [-0.2, 0) is 14.8 Å². The van der Waals surface area contributed by atoms with Crippen molar-refractivity contribution in [2.45, 2.75) is 48.8 Å². The van der Waals surface area contributed by atoms with Gasteiger partial charge in [-0.2, -0.15) is 65.9 Å². The van der Waals surface area contributed by atoms with Crippen LogP contribution in [0.4, 0.5) is 65.9 Å². The topological polar surface area (TPSA) is 77.5 Å². The molecule has 0 radical (unpaired) electrons. The zero-order chi connectivity index (χ0) is 26.6. The second kappa shape index (κ2) is 9.79. The van der Waals surface area contributed by atoms with Gasteiger partial charge in [-0.05, 0) is 6.92 Å². The zero-order valence-electron chi connectivity index (χ0n) is 15.6. The molecule has 0 atom stereocenters. The third-order valence-electron chi connectivity index (χ3n) is 3.60. The summed E-state index contributed by atoms with van der Waals surface area (Å²) in [7, 11) is -6.10. The van der Waals surface area contributed by atoms with Crippen LogP contribution in [0.1, 0.15) is 6.92 Å². The summed E-state index contributed by atoms with van der Waals surface area (Å²) in [6, 6.07) is -7.40. The average Bonchev–Trinajstić information content (AvgIpc) is 2.57. The van der Waals surface area contributed by atoms with Crippen molar-refractivity contribution in [3.8, 4) is 0 Å². The van der Waals surface area contributed by atoms with Gasteiger partial charge in [0, 0.05) is 0 Å². The molecular formula is C11H7F15KNO4S. The van der Waals surface area contributed by atoms with Crippen LogP contribution >= 0.6 is 0 Å². The van der Waals surface area contributed by atoms with Gasteiger partial charge in [0.05, 0.1) is 18.3 Å². The van der Waals surface area contributed by atoms with Gasteiger partial charge in [0.2, 0.25) is 10.0 Å². The summed E-state index contributed by atoms with van der Waals surface area (Å²) in [5.41, 5.74) is 0. The van der Waals surface area contributed by atoms with Gasteiger partial charge in [0.15, 0.2) is 0 Å². The monoisotopic (exact) mass is 573 g/mol. The van der Waals surface area contributed by atoms with Crippen molar-refractivity contribution in [3.63, 3.8) is 0 Å². The maximum absolute atomic E-state index is 13.9. The minimum absolute atomic E-state index is 0. The molecule has 0 saturated carbocycles. The maximum atomic E-state index is 13.9. The molecule has 33 heavy (non-hydrogen) atoms. The van der Waals surface area contributed by atoms with Gasteiger partial charge in [0.1, 0.15) is 0 Å². The van der Waals surface area contributed by atoms with Gasteiger partial charge in [0.25, 0.3) is 0 Å². The maximum Gasteiger partial charge on any atom is 1.00 e. The first-order chi connectivity index (χ1) is 13.6. The van der Waals surface area contributed by atoms with E-state index in [1.54, 1.807) is 0 Å². The molecule has 0 heterocycles. The molecule has 0 rings (SSSR count). The second-order valence-electron chi connectivity index (χ2n) is 5.69. The Balaban J connectivity index is 0. The minimum Gasteiger partial charge on any atom is -0.549 e. The van der Waals surface area contributed by atoms with E-state index in [2.05, 4.69) is 0 Å². The fraction of sp³-hybridized carbons (Fsp3) is 0.909. The van der Waals surface area contributed by atoms with Gasteiger partial charge < -0.3 is 9.90 Å². The third kappa shape index (κ3) is 5.39. The van der Waals surface area contributed by atoms with Crippen molar-refractivity contribution < 1.29 is 136 Å². The van der Waals surface area contributed by atoms with Crippen molar-refractivity contribution in [2.24, 2.45) is 0 Å². The molecule has 0 unspecified atom stereocenters. The van der Waals surface area contributed by atoms with Crippen LogP contribution in [0.3, 0.4) is 0 Å². The van der Waals surface area contributed by atoms with E-state index in [4.69, 9.17) is 0 Å². The Hall–Kier alpha value is -0.0336.